The number of halogens is 1. The van der Waals surface area contributed by atoms with Crippen molar-refractivity contribution in [2.24, 2.45) is 5.73 Å². The Morgan fingerprint density at radius 2 is 1.90 bits per heavy atom. The van der Waals surface area contributed by atoms with Crippen molar-refractivity contribution in [1.29, 1.82) is 0 Å². The lowest BCUT2D eigenvalue weighted by Crippen LogP contribution is -2.47. The summed E-state index contributed by atoms with van der Waals surface area (Å²) in [7, 11) is 0. The lowest BCUT2D eigenvalue weighted by molar-refractivity contribution is -0.116. The molecule has 3 aromatic rings. The predicted molar refractivity (Wildman–Crippen MR) is 122 cm³/mol. The number of aromatic nitrogens is 1. The second kappa shape index (κ2) is 8.23. The summed E-state index contributed by atoms with van der Waals surface area (Å²) in [5.41, 5.74) is 10.7. The number of amides is 1. The summed E-state index contributed by atoms with van der Waals surface area (Å²) >= 11 is 0. The Bertz CT molecular complexity index is 1100. The quantitative estimate of drug-likeness (QED) is 0.642. The number of H-pyrrole nitrogens is 1. The van der Waals surface area contributed by atoms with Crippen molar-refractivity contribution in [3.8, 4) is 0 Å². The van der Waals surface area contributed by atoms with Gasteiger partial charge >= 0.3 is 0 Å². The van der Waals surface area contributed by atoms with Crippen LogP contribution in [0.25, 0.3) is 10.9 Å². The van der Waals surface area contributed by atoms with Crippen molar-refractivity contribution < 1.29 is 9.18 Å². The standard InChI is InChI=1S/C24H28FN5O/c25-21-15-20(14-19-3-6-27-24(19)21)29-11-9-28(10-12-29)7-4-17-1-2-22-18(13-17)5-8-30(22)16-23(26)31/h1-3,6,13-15,27H,4-5,7-12,16H2,(H2,26,31). The van der Waals surface area contributed by atoms with Gasteiger partial charge in [-0.3, -0.25) is 9.69 Å². The van der Waals surface area contributed by atoms with Crippen molar-refractivity contribution in [3.63, 3.8) is 0 Å². The molecule has 0 spiro atoms. The number of anilines is 2. The van der Waals surface area contributed by atoms with Gasteiger partial charge < -0.3 is 20.5 Å². The molecule has 0 bridgehead atoms. The van der Waals surface area contributed by atoms with Crippen LogP contribution in [0.15, 0.2) is 42.6 Å². The van der Waals surface area contributed by atoms with E-state index in [-0.39, 0.29) is 18.3 Å². The molecule has 162 valence electrons. The molecular weight excluding hydrogens is 393 g/mol. The molecule has 0 unspecified atom stereocenters. The molecule has 1 saturated heterocycles. The molecule has 7 heteroatoms. The maximum Gasteiger partial charge on any atom is 0.236 e. The number of rotatable bonds is 6. The second-order valence-electron chi connectivity index (χ2n) is 8.55. The molecule has 2 aromatic carbocycles. The van der Waals surface area contributed by atoms with Gasteiger partial charge in [0.15, 0.2) is 0 Å². The highest BCUT2D eigenvalue weighted by atomic mass is 19.1. The SMILES string of the molecule is NC(=O)CN1CCc2cc(CCN3CCN(c4cc(F)c5[nH]ccc5c4)CC3)ccc21. The Balaban J connectivity index is 1.16. The summed E-state index contributed by atoms with van der Waals surface area (Å²) in [6, 6.07) is 12.2. The van der Waals surface area contributed by atoms with Crippen molar-refractivity contribution in [2.75, 3.05) is 55.6 Å². The van der Waals surface area contributed by atoms with Crippen LogP contribution in [0.5, 0.6) is 0 Å². The Labute approximate surface area is 181 Å². The molecule has 1 fully saturated rings. The fourth-order valence-electron chi connectivity index (χ4n) is 4.84. The lowest BCUT2D eigenvalue weighted by atomic mass is 10.1. The van der Waals surface area contributed by atoms with E-state index in [1.165, 1.54) is 11.1 Å². The van der Waals surface area contributed by atoms with E-state index in [9.17, 15) is 9.18 Å². The third-order valence-electron chi connectivity index (χ3n) is 6.53. The van der Waals surface area contributed by atoms with Crippen LogP contribution in [0.2, 0.25) is 0 Å². The first-order chi connectivity index (χ1) is 15.1. The topological polar surface area (TPSA) is 68.6 Å². The van der Waals surface area contributed by atoms with Gasteiger partial charge in [0.2, 0.25) is 5.91 Å². The lowest BCUT2D eigenvalue weighted by Gasteiger charge is -2.36. The van der Waals surface area contributed by atoms with E-state index in [1.807, 2.05) is 6.07 Å². The number of hydrogen-bond acceptors (Lipinski definition) is 4. The molecule has 31 heavy (non-hydrogen) atoms. The number of nitrogens with one attached hydrogen (secondary N) is 1. The van der Waals surface area contributed by atoms with Crippen molar-refractivity contribution in [2.45, 2.75) is 12.8 Å². The molecular formula is C24H28FN5O. The number of benzene rings is 2. The number of carbonyl (C=O) groups is 1. The zero-order valence-corrected chi connectivity index (χ0v) is 17.6. The minimum atomic E-state index is -0.285. The first-order valence-electron chi connectivity index (χ1n) is 11.0. The van der Waals surface area contributed by atoms with Crippen LogP contribution in [0.3, 0.4) is 0 Å². The van der Waals surface area contributed by atoms with Crippen molar-refractivity contribution in [1.82, 2.24) is 9.88 Å². The van der Waals surface area contributed by atoms with Crippen LogP contribution in [0, 0.1) is 5.82 Å². The Hall–Kier alpha value is -3.06. The van der Waals surface area contributed by atoms with Gasteiger partial charge in [-0.05, 0) is 48.2 Å². The van der Waals surface area contributed by atoms with Gasteiger partial charge in [0.25, 0.3) is 0 Å². The molecule has 0 radical (unpaired) electrons. The van der Waals surface area contributed by atoms with Gasteiger partial charge in [-0.15, -0.1) is 0 Å². The van der Waals surface area contributed by atoms with Crippen LogP contribution in [0.1, 0.15) is 11.1 Å². The number of aromatic amines is 1. The second-order valence-corrected chi connectivity index (χ2v) is 8.55. The van der Waals surface area contributed by atoms with E-state index < -0.39 is 0 Å². The number of hydrogen-bond donors (Lipinski definition) is 2. The molecule has 1 aromatic heterocycles. The zero-order chi connectivity index (χ0) is 21.4. The number of nitrogens with two attached hydrogens (primary N) is 1. The van der Waals surface area contributed by atoms with Gasteiger partial charge in [0, 0.05) is 62.2 Å². The molecule has 0 atom stereocenters. The van der Waals surface area contributed by atoms with Crippen LogP contribution >= 0.6 is 0 Å². The minimum Gasteiger partial charge on any atom is -0.369 e. The highest BCUT2D eigenvalue weighted by Crippen LogP contribution is 2.29. The molecule has 5 rings (SSSR count). The summed E-state index contributed by atoms with van der Waals surface area (Å²) < 4.78 is 14.3. The highest BCUT2D eigenvalue weighted by Gasteiger charge is 2.21. The van der Waals surface area contributed by atoms with Gasteiger partial charge in [-0.2, -0.15) is 0 Å². The average Bonchev–Trinajstić information content (AvgIpc) is 3.39. The predicted octanol–water partition coefficient (Wildman–Crippen LogP) is 2.52. The fraction of sp³-hybridized carbons (Fsp3) is 0.375. The molecule has 3 N–H and O–H groups in total. The average molecular weight is 422 g/mol. The number of fused-ring (bicyclic) bond motifs is 2. The first-order valence-corrected chi connectivity index (χ1v) is 11.0. The Kier molecular flexibility index (Phi) is 5.28. The summed E-state index contributed by atoms with van der Waals surface area (Å²) in [6.45, 7) is 5.93. The monoisotopic (exact) mass is 421 g/mol. The number of nitrogens with zero attached hydrogens (tertiary/aromatic N) is 3. The van der Waals surface area contributed by atoms with E-state index in [0.717, 1.165) is 68.9 Å². The molecule has 3 heterocycles. The maximum atomic E-state index is 14.3. The molecule has 2 aliphatic heterocycles. The van der Waals surface area contributed by atoms with E-state index >= 15 is 0 Å². The van der Waals surface area contributed by atoms with E-state index in [1.54, 1.807) is 12.3 Å². The fourth-order valence-corrected chi connectivity index (χ4v) is 4.84. The highest BCUT2D eigenvalue weighted by molar-refractivity contribution is 5.84. The number of carbonyl (C=O) groups excluding carboxylic acids is 1. The van der Waals surface area contributed by atoms with Gasteiger partial charge in [-0.1, -0.05) is 12.1 Å². The van der Waals surface area contributed by atoms with Crippen molar-refractivity contribution in [3.05, 3.63) is 59.5 Å². The van der Waals surface area contributed by atoms with Gasteiger partial charge in [-0.25, -0.2) is 4.39 Å². The maximum absolute atomic E-state index is 14.3. The molecule has 0 aliphatic carbocycles. The van der Waals surface area contributed by atoms with Crippen molar-refractivity contribution >= 4 is 28.2 Å². The Morgan fingerprint density at radius 1 is 1.06 bits per heavy atom. The number of primary amides is 1. The zero-order valence-electron chi connectivity index (χ0n) is 17.6. The smallest absolute Gasteiger partial charge is 0.236 e. The molecule has 1 amide bonds. The Morgan fingerprint density at radius 3 is 2.71 bits per heavy atom. The molecule has 2 aliphatic rings. The van der Waals surface area contributed by atoms with Gasteiger partial charge in [0.05, 0.1) is 12.1 Å². The largest absolute Gasteiger partial charge is 0.369 e. The van der Waals surface area contributed by atoms with E-state index in [4.69, 9.17) is 5.73 Å². The van der Waals surface area contributed by atoms with Gasteiger partial charge in [0.1, 0.15) is 5.82 Å². The summed E-state index contributed by atoms with van der Waals surface area (Å²) in [5, 5.41) is 0.920. The minimum absolute atomic E-state index is 0.189. The summed E-state index contributed by atoms with van der Waals surface area (Å²) in [4.78, 5) is 21.0. The molecule has 0 saturated carbocycles. The third-order valence-corrected chi connectivity index (χ3v) is 6.53. The van der Waals surface area contributed by atoms with E-state index in [2.05, 4.69) is 43.9 Å². The normalized spacial score (nSPS) is 16.8. The van der Waals surface area contributed by atoms with Crippen LogP contribution in [-0.4, -0.2) is 61.6 Å². The summed E-state index contributed by atoms with van der Waals surface area (Å²) in [6.07, 6.45) is 3.76. The van der Waals surface area contributed by atoms with E-state index in [0.29, 0.717) is 5.52 Å². The van der Waals surface area contributed by atoms with Crippen LogP contribution in [0.4, 0.5) is 15.8 Å². The van der Waals surface area contributed by atoms with Crippen LogP contribution in [-0.2, 0) is 17.6 Å². The number of piperazine rings is 1. The summed E-state index contributed by atoms with van der Waals surface area (Å²) in [5.74, 6) is -0.474. The third kappa shape index (κ3) is 4.10. The molecule has 6 nitrogen and oxygen atoms in total. The van der Waals surface area contributed by atoms with Crippen LogP contribution < -0.4 is 15.5 Å². The first kappa shape index (κ1) is 19.9.